The Morgan fingerprint density at radius 3 is 2.51 bits per heavy atom. The maximum Gasteiger partial charge on any atom is 0.251 e. The lowest BCUT2D eigenvalue weighted by Gasteiger charge is -2.32. The van der Waals surface area contributed by atoms with Crippen molar-refractivity contribution in [3.8, 4) is 39.7 Å². The van der Waals surface area contributed by atoms with Gasteiger partial charge in [0.1, 0.15) is 28.8 Å². The average Bonchev–Trinajstić information content (AvgIpc) is 3.46. The van der Waals surface area contributed by atoms with Crippen molar-refractivity contribution in [2.75, 3.05) is 18.8 Å². The molecule has 10 nitrogen and oxygen atoms in total. The molecule has 7 rings (SSSR count). The second kappa shape index (κ2) is 12.6. The Kier molecular flexibility index (Phi) is 8.05. The zero-order chi connectivity index (χ0) is 32.5. The zero-order valence-electron chi connectivity index (χ0n) is 25.8. The fraction of sp³-hybridized carbons (Fsp3) is 0.194. The monoisotopic (exact) mass is 628 g/mol. The third-order valence-electron chi connectivity index (χ3n) is 8.61. The Morgan fingerprint density at radius 2 is 1.79 bits per heavy atom. The van der Waals surface area contributed by atoms with E-state index in [1.165, 1.54) is 17.8 Å². The van der Waals surface area contributed by atoms with Crippen LogP contribution in [-0.4, -0.2) is 59.4 Å². The summed E-state index contributed by atoms with van der Waals surface area (Å²) in [5.41, 5.74) is 13.6. The number of imidazole rings is 1. The smallest absolute Gasteiger partial charge is 0.251 e. The lowest BCUT2D eigenvalue weighted by Crippen LogP contribution is -2.44. The molecule has 0 bridgehead atoms. The highest BCUT2D eigenvalue weighted by Gasteiger charge is 2.23. The Morgan fingerprint density at radius 1 is 1.00 bits per heavy atom. The van der Waals surface area contributed by atoms with E-state index in [4.69, 9.17) is 10.7 Å². The molecule has 1 aliphatic rings. The van der Waals surface area contributed by atoms with Crippen LogP contribution in [0.2, 0.25) is 0 Å². The molecule has 2 aromatic carbocycles. The molecular weight excluding hydrogens is 595 g/mol. The minimum Gasteiger partial charge on any atom is -0.508 e. The van der Waals surface area contributed by atoms with Crippen LogP contribution in [0.1, 0.15) is 34.3 Å². The van der Waals surface area contributed by atoms with Crippen LogP contribution in [-0.2, 0) is 6.54 Å². The van der Waals surface area contributed by atoms with Gasteiger partial charge < -0.3 is 16.2 Å². The molecule has 236 valence electrons. The molecule has 4 N–H and O–H groups in total. The van der Waals surface area contributed by atoms with Crippen molar-refractivity contribution in [3.05, 3.63) is 114 Å². The van der Waals surface area contributed by atoms with E-state index in [-0.39, 0.29) is 17.7 Å². The van der Waals surface area contributed by atoms with Gasteiger partial charge in [-0.3, -0.25) is 19.1 Å². The predicted molar refractivity (Wildman–Crippen MR) is 178 cm³/mol. The highest BCUT2D eigenvalue weighted by molar-refractivity contribution is 5.94. The second-order valence-corrected chi connectivity index (χ2v) is 11.8. The molecule has 0 radical (unpaired) electrons. The van der Waals surface area contributed by atoms with Gasteiger partial charge in [-0.15, -0.1) is 0 Å². The van der Waals surface area contributed by atoms with Crippen LogP contribution < -0.4 is 11.1 Å². The molecule has 0 atom stereocenters. The van der Waals surface area contributed by atoms with Crippen LogP contribution in [0.4, 0.5) is 10.2 Å². The number of nitrogens with one attached hydrogen (secondary N) is 1. The van der Waals surface area contributed by atoms with Gasteiger partial charge in [0.15, 0.2) is 5.65 Å². The minimum atomic E-state index is -0.413. The largest absolute Gasteiger partial charge is 0.508 e. The molecule has 0 spiro atoms. The highest BCUT2D eigenvalue weighted by Crippen LogP contribution is 2.35. The number of aryl methyl sites for hydroxylation is 1. The summed E-state index contributed by atoms with van der Waals surface area (Å²) in [6, 6.07) is 20.1. The lowest BCUT2D eigenvalue weighted by molar-refractivity contribution is 0.0909. The lowest BCUT2D eigenvalue weighted by atomic mass is 10.0. The first-order valence-corrected chi connectivity index (χ1v) is 15.5. The molecule has 6 aromatic rings. The summed E-state index contributed by atoms with van der Waals surface area (Å²) in [6.07, 6.45) is 8.07. The minimum absolute atomic E-state index is 0.105. The van der Waals surface area contributed by atoms with Gasteiger partial charge in [0, 0.05) is 54.8 Å². The van der Waals surface area contributed by atoms with Gasteiger partial charge in [-0.1, -0.05) is 24.3 Å². The van der Waals surface area contributed by atoms with Crippen LogP contribution >= 0.6 is 0 Å². The highest BCUT2D eigenvalue weighted by atomic mass is 19.1. The predicted octanol–water partition coefficient (Wildman–Crippen LogP) is 5.65. The Hall–Kier alpha value is -5.68. The van der Waals surface area contributed by atoms with E-state index in [9.17, 15) is 14.3 Å². The summed E-state index contributed by atoms with van der Waals surface area (Å²) in [4.78, 5) is 33.1. The number of nitrogens with two attached hydrogens (primary N) is 1. The van der Waals surface area contributed by atoms with Gasteiger partial charge in [-0.05, 0) is 73.4 Å². The van der Waals surface area contributed by atoms with Gasteiger partial charge in [0.2, 0.25) is 0 Å². The molecule has 1 saturated heterocycles. The van der Waals surface area contributed by atoms with Crippen LogP contribution in [0, 0.1) is 12.7 Å². The number of aromatic nitrogens is 5. The van der Waals surface area contributed by atoms with Crippen LogP contribution in [0.25, 0.3) is 39.5 Å². The molecule has 11 heteroatoms. The molecule has 5 heterocycles. The number of aromatic hydroxyl groups is 1. The SMILES string of the molecule is Cc1cc(C(=O)NC2CCN(Cc3ccc(-c4c(-c5cccnc5N)nc5cnc(-c6ccc(F)cn6)cn45)cc3)CC2)ccc1O. The number of hydrogen-bond acceptors (Lipinski definition) is 8. The number of benzene rings is 2. The molecule has 0 aliphatic carbocycles. The Labute approximate surface area is 270 Å². The molecule has 47 heavy (non-hydrogen) atoms. The number of phenolic OH excluding ortho intramolecular Hbond substituents is 1. The van der Waals surface area contributed by atoms with Gasteiger partial charge >= 0.3 is 0 Å². The molecule has 1 amide bonds. The summed E-state index contributed by atoms with van der Waals surface area (Å²) in [7, 11) is 0. The number of nitrogens with zero attached hydrogens (tertiary/aromatic N) is 6. The van der Waals surface area contributed by atoms with Gasteiger partial charge in [-0.2, -0.15) is 0 Å². The molecule has 1 aliphatic heterocycles. The fourth-order valence-electron chi connectivity index (χ4n) is 6.02. The number of halogens is 1. The number of fused-ring (bicyclic) bond motifs is 1. The maximum atomic E-state index is 13.6. The van der Waals surface area contributed by atoms with Crippen molar-refractivity contribution < 1.29 is 14.3 Å². The van der Waals surface area contributed by atoms with Crippen molar-refractivity contribution in [2.45, 2.75) is 32.4 Å². The summed E-state index contributed by atoms with van der Waals surface area (Å²) in [5.74, 6) is 0.0361. The number of hydrogen-bond donors (Lipinski definition) is 3. The molecule has 4 aromatic heterocycles. The summed E-state index contributed by atoms with van der Waals surface area (Å²) in [6.45, 7) is 4.31. The van der Waals surface area contributed by atoms with E-state index in [0.717, 1.165) is 43.7 Å². The summed E-state index contributed by atoms with van der Waals surface area (Å²) in [5, 5.41) is 12.9. The normalized spacial score (nSPS) is 14.0. The number of anilines is 1. The standard InChI is InChI=1S/C36H33FN8O2/c1-22-17-25(8-11-31(22)46)36(47)42-27-12-15-44(16-13-27)20-23-4-6-24(7-5-23)34-33(28-3-2-14-39-35(28)38)43-32-19-41-30(21-45(32)34)29-10-9-26(37)18-40-29/h2-11,14,17-19,21,27,46H,12-13,15-16,20H2,1H3,(H2,38,39)(H,42,47). The first kappa shape index (κ1) is 30.0. The molecule has 0 unspecified atom stereocenters. The number of carbonyl (C=O) groups is 1. The number of amides is 1. The average molecular weight is 629 g/mol. The van der Waals surface area contributed by atoms with Crippen molar-refractivity contribution >= 4 is 17.4 Å². The summed E-state index contributed by atoms with van der Waals surface area (Å²) >= 11 is 0. The van der Waals surface area contributed by atoms with Gasteiger partial charge in [0.25, 0.3) is 5.91 Å². The number of rotatable bonds is 7. The molecular formula is C36H33FN8O2. The van der Waals surface area contributed by atoms with Crippen LogP contribution in [0.15, 0.2) is 91.5 Å². The van der Waals surface area contributed by atoms with Gasteiger partial charge in [-0.25, -0.2) is 19.3 Å². The summed E-state index contributed by atoms with van der Waals surface area (Å²) < 4.78 is 15.5. The van der Waals surface area contributed by atoms with E-state index in [1.54, 1.807) is 43.6 Å². The van der Waals surface area contributed by atoms with E-state index >= 15 is 0 Å². The van der Waals surface area contributed by atoms with Crippen molar-refractivity contribution in [1.29, 1.82) is 0 Å². The third-order valence-corrected chi connectivity index (χ3v) is 8.61. The van der Waals surface area contributed by atoms with E-state index < -0.39 is 5.82 Å². The maximum absolute atomic E-state index is 13.6. The quantitative estimate of drug-likeness (QED) is 0.207. The number of nitrogen functional groups attached to an aromatic ring is 1. The first-order chi connectivity index (χ1) is 22.8. The fourth-order valence-corrected chi connectivity index (χ4v) is 6.02. The topological polar surface area (TPSA) is 135 Å². The van der Waals surface area contributed by atoms with E-state index in [2.05, 4.69) is 49.4 Å². The Bertz CT molecular complexity index is 2070. The van der Waals surface area contributed by atoms with Crippen LogP contribution in [0.5, 0.6) is 5.75 Å². The second-order valence-electron chi connectivity index (χ2n) is 11.8. The molecule has 1 fully saturated rings. The third kappa shape index (κ3) is 6.25. The first-order valence-electron chi connectivity index (χ1n) is 15.5. The number of phenols is 1. The van der Waals surface area contributed by atoms with Crippen LogP contribution in [0.3, 0.4) is 0 Å². The van der Waals surface area contributed by atoms with Crippen molar-refractivity contribution in [2.24, 2.45) is 0 Å². The number of carbonyl (C=O) groups excluding carboxylic acids is 1. The molecule has 0 saturated carbocycles. The number of piperidine rings is 1. The Balaban J connectivity index is 1.10. The van der Waals surface area contributed by atoms with Gasteiger partial charge in [0.05, 0.1) is 23.8 Å². The van der Waals surface area contributed by atoms with E-state index in [1.807, 2.05) is 22.7 Å². The van der Waals surface area contributed by atoms with E-state index in [0.29, 0.717) is 45.2 Å². The zero-order valence-corrected chi connectivity index (χ0v) is 25.8. The number of pyridine rings is 2. The van der Waals surface area contributed by atoms with Crippen molar-refractivity contribution in [1.82, 2.24) is 34.6 Å². The number of likely N-dealkylation sites (tertiary alicyclic amines) is 1. The van der Waals surface area contributed by atoms with Crippen molar-refractivity contribution in [3.63, 3.8) is 0 Å².